The van der Waals surface area contributed by atoms with Gasteiger partial charge in [-0.25, -0.2) is 4.79 Å². The first-order chi connectivity index (χ1) is 16.6. The van der Waals surface area contributed by atoms with E-state index in [1.807, 2.05) is 30.3 Å². The first-order valence-corrected chi connectivity index (χ1v) is 11.9. The Bertz CT molecular complexity index is 1150. The third-order valence-corrected chi connectivity index (χ3v) is 6.67. The molecule has 35 heavy (non-hydrogen) atoms. The molecule has 8 nitrogen and oxygen atoms in total. The van der Waals surface area contributed by atoms with Gasteiger partial charge in [0.05, 0.1) is 11.3 Å². The highest BCUT2D eigenvalue weighted by atomic mass is 16.2. The van der Waals surface area contributed by atoms with E-state index in [0.717, 1.165) is 16.9 Å². The standard InChI is InChI=1S/C27H32N4O4/c1-18-13-26(2,3)17-27(14-18)24(34)31(25(35)30-27)16-22(32)29-21-12-8-7-11-20(21)23(33)28-15-19-9-5-4-6-10-19/h4-12,18H,13-17H2,1-3H3,(H,28,33)(H,29,32)(H,30,35). The lowest BCUT2D eigenvalue weighted by atomic mass is 9.64. The Labute approximate surface area is 205 Å². The molecule has 5 amide bonds. The fourth-order valence-electron chi connectivity index (χ4n) is 5.65. The van der Waals surface area contributed by atoms with Crippen LogP contribution in [0.25, 0.3) is 0 Å². The van der Waals surface area contributed by atoms with Crippen LogP contribution < -0.4 is 16.0 Å². The zero-order chi connectivity index (χ0) is 25.2. The highest BCUT2D eigenvalue weighted by Gasteiger charge is 2.56. The minimum Gasteiger partial charge on any atom is -0.348 e. The van der Waals surface area contributed by atoms with Gasteiger partial charge in [0.1, 0.15) is 12.1 Å². The van der Waals surface area contributed by atoms with Crippen molar-refractivity contribution in [1.29, 1.82) is 0 Å². The van der Waals surface area contributed by atoms with E-state index >= 15 is 0 Å². The van der Waals surface area contributed by atoms with Gasteiger partial charge in [-0.1, -0.05) is 63.2 Å². The number of hydrogen-bond acceptors (Lipinski definition) is 4. The molecule has 0 bridgehead atoms. The number of amides is 5. The van der Waals surface area contributed by atoms with E-state index in [1.54, 1.807) is 24.3 Å². The average molecular weight is 477 g/mol. The van der Waals surface area contributed by atoms with Gasteiger partial charge in [0.25, 0.3) is 11.8 Å². The largest absolute Gasteiger partial charge is 0.348 e. The summed E-state index contributed by atoms with van der Waals surface area (Å²) in [5.41, 5.74) is 0.513. The third-order valence-electron chi connectivity index (χ3n) is 6.67. The molecular formula is C27H32N4O4. The van der Waals surface area contributed by atoms with E-state index in [4.69, 9.17) is 0 Å². The monoisotopic (exact) mass is 476 g/mol. The zero-order valence-electron chi connectivity index (χ0n) is 20.4. The van der Waals surface area contributed by atoms with E-state index in [2.05, 4.69) is 36.7 Å². The van der Waals surface area contributed by atoms with Crippen LogP contribution >= 0.6 is 0 Å². The Morgan fingerprint density at radius 1 is 1.03 bits per heavy atom. The van der Waals surface area contributed by atoms with E-state index < -0.39 is 24.0 Å². The quantitative estimate of drug-likeness (QED) is 0.553. The molecule has 1 spiro atoms. The van der Waals surface area contributed by atoms with Gasteiger partial charge in [-0.2, -0.15) is 0 Å². The lowest BCUT2D eigenvalue weighted by molar-refractivity contribution is -0.136. The topological polar surface area (TPSA) is 108 Å². The number of rotatable bonds is 6. The molecule has 8 heteroatoms. The molecule has 2 fully saturated rings. The van der Waals surface area contributed by atoms with Crippen molar-refractivity contribution in [3.63, 3.8) is 0 Å². The van der Waals surface area contributed by atoms with Gasteiger partial charge in [0.15, 0.2) is 0 Å². The molecule has 1 aliphatic carbocycles. The first-order valence-electron chi connectivity index (χ1n) is 11.9. The Morgan fingerprint density at radius 3 is 2.43 bits per heavy atom. The molecule has 1 aliphatic heterocycles. The second kappa shape index (κ2) is 9.52. The van der Waals surface area contributed by atoms with Crippen molar-refractivity contribution in [3.05, 3.63) is 65.7 Å². The summed E-state index contributed by atoms with van der Waals surface area (Å²) >= 11 is 0. The normalized spacial score (nSPS) is 23.2. The van der Waals surface area contributed by atoms with E-state index in [0.29, 0.717) is 30.6 Å². The number of nitrogens with zero attached hydrogens (tertiary/aromatic N) is 1. The number of hydrogen-bond donors (Lipinski definition) is 3. The highest BCUT2D eigenvalue weighted by Crippen LogP contribution is 2.46. The minimum atomic E-state index is -0.965. The predicted molar refractivity (Wildman–Crippen MR) is 132 cm³/mol. The van der Waals surface area contributed by atoms with Gasteiger partial charge in [0.2, 0.25) is 5.91 Å². The Balaban J connectivity index is 1.42. The molecule has 2 aromatic carbocycles. The molecule has 1 saturated heterocycles. The van der Waals surface area contributed by atoms with Crippen molar-refractivity contribution in [3.8, 4) is 0 Å². The van der Waals surface area contributed by atoms with Crippen LogP contribution in [0.2, 0.25) is 0 Å². The number of benzene rings is 2. The van der Waals surface area contributed by atoms with Gasteiger partial charge in [0, 0.05) is 6.54 Å². The van der Waals surface area contributed by atoms with Crippen LogP contribution in [-0.2, 0) is 16.1 Å². The SMILES string of the molecule is CC1CC(C)(C)CC2(C1)NC(=O)N(CC(=O)Nc1ccccc1C(=O)NCc1ccccc1)C2=O. The summed E-state index contributed by atoms with van der Waals surface area (Å²) in [6.07, 6.45) is 2.07. The third kappa shape index (κ3) is 5.37. The fraction of sp³-hybridized carbons (Fsp3) is 0.407. The molecule has 0 aromatic heterocycles. The number of anilines is 1. The number of para-hydroxylation sites is 1. The van der Waals surface area contributed by atoms with Crippen molar-refractivity contribution in [1.82, 2.24) is 15.5 Å². The van der Waals surface area contributed by atoms with Crippen LogP contribution in [-0.4, -0.2) is 40.7 Å². The van der Waals surface area contributed by atoms with Crippen LogP contribution in [0.5, 0.6) is 0 Å². The molecule has 4 rings (SSSR count). The summed E-state index contributed by atoms with van der Waals surface area (Å²) < 4.78 is 0. The summed E-state index contributed by atoms with van der Waals surface area (Å²) in [4.78, 5) is 52.6. The van der Waals surface area contributed by atoms with E-state index in [-0.39, 0.29) is 23.1 Å². The maximum absolute atomic E-state index is 13.3. The van der Waals surface area contributed by atoms with E-state index in [1.165, 1.54) is 0 Å². The molecular weight excluding hydrogens is 444 g/mol. The number of urea groups is 1. The lowest BCUT2D eigenvalue weighted by Gasteiger charge is -2.43. The maximum Gasteiger partial charge on any atom is 0.325 e. The van der Waals surface area contributed by atoms with Crippen molar-refractivity contribution in [2.24, 2.45) is 11.3 Å². The summed E-state index contributed by atoms with van der Waals surface area (Å²) in [7, 11) is 0. The van der Waals surface area contributed by atoms with Gasteiger partial charge in [-0.15, -0.1) is 0 Å². The molecule has 3 N–H and O–H groups in total. The van der Waals surface area contributed by atoms with Gasteiger partial charge < -0.3 is 16.0 Å². The molecule has 1 heterocycles. The van der Waals surface area contributed by atoms with Gasteiger partial charge in [-0.3, -0.25) is 19.3 Å². The zero-order valence-corrected chi connectivity index (χ0v) is 20.4. The smallest absolute Gasteiger partial charge is 0.325 e. The Hall–Kier alpha value is -3.68. The molecule has 2 aliphatic rings. The van der Waals surface area contributed by atoms with Crippen LogP contribution in [0.15, 0.2) is 54.6 Å². The van der Waals surface area contributed by atoms with Crippen molar-refractivity contribution < 1.29 is 19.2 Å². The molecule has 2 atom stereocenters. The summed E-state index contributed by atoms with van der Waals surface area (Å²) in [5, 5.41) is 8.43. The fourth-order valence-corrected chi connectivity index (χ4v) is 5.65. The second-order valence-electron chi connectivity index (χ2n) is 10.5. The number of carbonyl (C=O) groups excluding carboxylic acids is 4. The highest BCUT2D eigenvalue weighted by molar-refractivity contribution is 6.11. The molecule has 2 unspecified atom stereocenters. The molecule has 1 saturated carbocycles. The van der Waals surface area contributed by atoms with Crippen LogP contribution in [0.1, 0.15) is 56.0 Å². The van der Waals surface area contributed by atoms with E-state index in [9.17, 15) is 19.2 Å². The van der Waals surface area contributed by atoms with Crippen LogP contribution in [0, 0.1) is 11.3 Å². The van der Waals surface area contributed by atoms with Crippen molar-refractivity contribution >= 4 is 29.4 Å². The number of carbonyl (C=O) groups is 4. The van der Waals surface area contributed by atoms with Crippen LogP contribution in [0.4, 0.5) is 10.5 Å². The Morgan fingerprint density at radius 2 is 1.71 bits per heavy atom. The molecule has 2 aromatic rings. The van der Waals surface area contributed by atoms with Crippen molar-refractivity contribution in [2.75, 3.05) is 11.9 Å². The van der Waals surface area contributed by atoms with Crippen LogP contribution in [0.3, 0.4) is 0 Å². The molecule has 184 valence electrons. The predicted octanol–water partition coefficient (Wildman–Crippen LogP) is 3.69. The van der Waals surface area contributed by atoms with Gasteiger partial charge >= 0.3 is 6.03 Å². The van der Waals surface area contributed by atoms with Gasteiger partial charge in [-0.05, 0) is 48.3 Å². The average Bonchev–Trinajstić information content (AvgIpc) is 3.00. The number of imide groups is 1. The summed E-state index contributed by atoms with van der Waals surface area (Å²) in [6, 6.07) is 15.6. The first kappa shape index (κ1) is 24.4. The second-order valence-corrected chi connectivity index (χ2v) is 10.5. The summed E-state index contributed by atoms with van der Waals surface area (Å²) in [6.45, 7) is 6.21. The molecule has 0 radical (unpaired) electrons. The lowest BCUT2D eigenvalue weighted by Crippen LogP contribution is -2.54. The minimum absolute atomic E-state index is 0.0923. The summed E-state index contributed by atoms with van der Waals surface area (Å²) in [5.74, 6) is -0.960. The Kier molecular flexibility index (Phi) is 6.65. The van der Waals surface area contributed by atoms with Crippen molar-refractivity contribution in [2.45, 2.75) is 52.1 Å². The number of nitrogens with one attached hydrogen (secondary N) is 3. The maximum atomic E-state index is 13.3.